The zero-order chi connectivity index (χ0) is 78.9. The molecule has 0 aromatic heterocycles. The molecule has 5 saturated heterocycles. The third kappa shape index (κ3) is 16.6. The van der Waals surface area contributed by atoms with Gasteiger partial charge in [-0.1, -0.05) is 42.0 Å². The first-order valence-electron chi connectivity index (χ1n) is 36.8. The molecule has 21 unspecified atom stereocenters. The van der Waals surface area contributed by atoms with Crippen LogP contribution < -0.4 is 0 Å². The first-order valence-corrected chi connectivity index (χ1v) is 39.8. The van der Waals surface area contributed by atoms with E-state index in [4.69, 9.17) is 55.7 Å². The van der Waals surface area contributed by atoms with Crippen LogP contribution in [0.5, 0.6) is 0 Å². The monoisotopic (exact) mass is 1560 g/mol. The summed E-state index contributed by atoms with van der Waals surface area (Å²) >= 11 is 0. The van der Waals surface area contributed by atoms with Gasteiger partial charge in [-0.25, -0.2) is 19.2 Å². The number of carbonyl (C=O) groups excluding carboxylic acids is 11. The van der Waals surface area contributed by atoms with Crippen molar-refractivity contribution in [3.8, 4) is 6.07 Å². The summed E-state index contributed by atoms with van der Waals surface area (Å²) in [5.41, 5.74) is -6.50. The minimum atomic E-state index is -3.81. The molecular formula is C74H107F2NO28S2. The van der Waals surface area contributed by atoms with E-state index in [2.05, 4.69) is 10.8 Å². The number of nitriles is 1. The highest BCUT2D eigenvalue weighted by Gasteiger charge is 2.73. The Balaban J connectivity index is 0.000000169. The first kappa shape index (κ1) is 85.9. The number of esters is 11. The lowest BCUT2D eigenvalue weighted by molar-refractivity contribution is -0.244. The largest absolute Gasteiger partial charge is 0.461 e. The van der Waals surface area contributed by atoms with E-state index in [1.807, 2.05) is 41.5 Å². The van der Waals surface area contributed by atoms with Gasteiger partial charge in [0.1, 0.15) is 48.8 Å². The molecule has 13 rings (SSSR count). The van der Waals surface area contributed by atoms with Crippen LogP contribution >= 0.6 is 0 Å². The normalized spacial score (nSPS) is 35.5. The molecule has 5 aliphatic heterocycles. The second kappa shape index (κ2) is 31.2. The van der Waals surface area contributed by atoms with Gasteiger partial charge in [-0.3, -0.25) is 41.9 Å². The Labute approximate surface area is 624 Å². The SMILES string of the molecule is C.CCC(C)(C)C(=O)OC1(C)CCOC(=O)C1(F)F.CCC(C)(C)C(=O)OC1C2CC3C1OS(=O)(=O)C3C2.CCC(C)(C)C(=O)OCC(=O)OC1C2CC3C(=O)OC1C3C2.CCC(C)(C)C(=O)OCC(=O)OC1C2CC3C1OC(=O)C3(C#N)C2.CCC(C)(C)C(=O)OCC(=O)OC1C2CC3C1OS(=O)(=O)C3C2. The molecule has 107 heavy (non-hydrogen) atoms. The third-order valence-corrected chi connectivity index (χ3v) is 28.8. The van der Waals surface area contributed by atoms with Crippen molar-refractivity contribution in [2.45, 2.75) is 279 Å². The summed E-state index contributed by atoms with van der Waals surface area (Å²) in [4.78, 5) is 130. The van der Waals surface area contributed by atoms with Gasteiger partial charge in [0.15, 0.2) is 30.8 Å². The van der Waals surface area contributed by atoms with Gasteiger partial charge < -0.3 is 52.1 Å². The van der Waals surface area contributed by atoms with Gasteiger partial charge in [-0.2, -0.15) is 30.9 Å². The number of hydrogen-bond acceptors (Lipinski definition) is 29. The molecule has 5 heterocycles. The van der Waals surface area contributed by atoms with E-state index in [1.165, 1.54) is 0 Å². The number of alkyl halides is 2. The molecular weight excluding hydrogens is 1450 g/mol. The van der Waals surface area contributed by atoms with Crippen LogP contribution in [0.2, 0.25) is 0 Å². The second-order valence-corrected chi connectivity index (χ2v) is 37.4. The topological polar surface area (TPSA) is 400 Å². The van der Waals surface area contributed by atoms with Gasteiger partial charge in [-0.05, 0) is 160 Å². The van der Waals surface area contributed by atoms with Crippen LogP contribution in [0.25, 0.3) is 0 Å². The van der Waals surface area contributed by atoms with Crippen LogP contribution in [0, 0.1) is 97.1 Å². The van der Waals surface area contributed by atoms with Crippen molar-refractivity contribution < 1.29 is 139 Å². The maximum absolute atomic E-state index is 13.7. The van der Waals surface area contributed by atoms with Crippen molar-refractivity contribution in [3.63, 3.8) is 0 Å². The van der Waals surface area contributed by atoms with Gasteiger partial charge >= 0.3 is 71.6 Å². The summed E-state index contributed by atoms with van der Waals surface area (Å²) in [6.45, 7) is 26.3. The maximum atomic E-state index is 13.7. The second-order valence-electron chi connectivity index (χ2n) is 33.9. The third-order valence-electron chi connectivity index (χ3n) is 25.2. The highest BCUT2D eigenvalue weighted by molar-refractivity contribution is 7.88. The van der Waals surface area contributed by atoms with Crippen molar-refractivity contribution in [1.29, 1.82) is 5.26 Å². The van der Waals surface area contributed by atoms with Gasteiger partial charge in [-0.15, -0.1) is 0 Å². The number of fused-ring (bicyclic) bond motifs is 4. The molecule has 13 aliphatic rings. The molecule has 33 heteroatoms. The fourth-order valence-corrected chi connectivity index (χ4v) is 20.0. The highest BCUT2D eigenvalue weighted by Crippen LogP contribution is 2.63. The Hall–Kier alpha value is -6.66. The first-order chi connectivity index (χ1) is 49.1. The maximum Gasteiger partial charge on any atom is 0.381 e. The average Bonchev–Trinajstić information content (AvgIpc) is 1.56. The lowest BCUT2D eigenvalue weighted by atomic mass is 9.75. The summed E-state index contributed by atoms with van der Waals surface area (Å²) in [7, 11) is -6.96. The number of hydrogen-bond donors (Lipinski definition) is 0. The molecule has 0 N–H and O–H groups in total. The predicted molar refractivity (Wildman–Crippen MR) is 366 cm³/mol. The summed E-state index contributed by atoms with van der Waals surface area (Å²) in [5, 5.41) is 8.52. The van der Waals surface area contributed by atoms with Crippen molar-refractivity contribution in [2.24, 2.45) is 85.8 Å². The summed E-state index contributed by atoms with van der Waals surface area (Å²) < 4.78 is 142. The van der Waals surface area contributed by atoms with E-state index in [1.54, 1.807) is 62.3 Å². The fourth-order valence-electron chi connectivity index (χ4n) is 16.2. The molecule has 0 radical (unpaired) electrons. The Morgan fingerprint density at radius 2 is 0.879 bits per heavy atom. The zero-order valence-corrected chi connectivity index (χ0v) is 64.8. The number of cyclic esters (lactones) is 1. The molecule has 29 nitrogen and oxygen atoms in total. The van der Waals surface area contributed by atoms with Gasteiger partial charge in [0, 0.05) is 53.8 Å². The average molecular weight is 1560 g/mol. The molecule has 8 aliphatic carbocycles. The van der Waals surface area contributed by atoms with E-state index < -0.39 is 167 Å². The highest BCUT2D eigenvalue weighted by atomic mass is 32.2. The van der Waals surface area contributed by atoms with Gasteiger partial charge in [0.2, 0.25) is 0 Å². The van der Waals surface area contributed by atoms with Crippen molar-refractivity contribution in [2.75, 3.05) is 26.4 Å². The van der Waals surface area contributed by atoms with E-state index in [0.29, 0.717) is 64.2 Å². The van der Waals surface area contributed by atoms with E-state index in [9.17, 15) is 83.6 Å². The van der Waals surface area contributed by atoms with E-state index in [-0.39, 0.29) is 116 Å². The van der Waals surface area contributed by atoms with Crippen molar-refractivity contribution >= 4 is 85.9 Å². The number of rotatable bonds is 21. The van der Waals surface area contributed by atoms with Gasteiger partial charge in [0.25, 0.3) is 20.2 Å². The molecule has 602 valence electrons. The van der Waals surface area contributed by atoms with E-state index >= 15 is 0 Å². The Morgan fingerprint density at radius 1 is 0.495 bits per heavy atom. The van der Waals surface area contributed by atoms with Crippen LogP contribution in [0.3, 0.4) is 0 Å². The quantitative estimate of drug-likeness (QED) is 0.0592. The van der Waals surface area contributed by atoms with Crippen molar-refractivity contribution in [3.05, 3.63) is 0 Å². The minimum Gasteiger partial charge on any atom is -0.461 e. The lowest BCUT2D eigenvalue weighted by Crippen LogP contribution is -2.59. The zero-order valence-electron chi connectivity index (χ0n) is 63.1. The smallest absolute Gasteiger partial charge is 0.381 e. The summed E-state index contributed by atoms with van der Waals surface area (Å²) in [6.07, 6.45) is 4.22. The number of halogens is 2. The van der Waals surface area contributed by atoms with Gasteiger partial charge in [0.05, 0.1) is 56.2 Å². The number of nitrogens with zero attached hydrogens (tertiary/aromatic N) is 1. The molecule has 0 amide bonds. The molecule has 0 aromatic rings. The molecule has 0 spiro atoms. The van der Waals surface area contributed by atoms with Crippen molar-refractivity contribution in [1.82, 2.24) is 0 Å². The van der Waals surface area contributed by atoms with Crippen LogP contribution in [-0.4, -0.2) is 180 Å². The molecule has 21 atom stereocenters. The van der Waals surface area contributed by atoms with Crippen LogP contribution in [0.15, 0.2) is 0 Å². The molecule has 0 aromatic carbocycles. The summed E-state index contributed by atoms with van der Waals surface area (Å²) in [6, 6.07) is 2.10. The minimum absolute atomic E-state index is 0. The number of ether oxygens (including phenoxy) is 11. The molecule has 8 saturated carbocycles. The Kier molecular flexibility index (Phi) is 25.1. The molecule has 13 fully saturated rings. The Bertz CT molecular complexity index is 3750. The fraction of sp³-hybridized carbons (Fsp3) is 0.838. The lowest BCUT2D eigenvalue weighted by Gasteiger charge is -2.40. The van der Waals surface area contributed by atoms with Crippen LogP contribution in [0.1, 0.15) is 208 Å². The summed E-state index contributed by atoms with van der Waals surface area (Å²) in [5.74, 6) is -10.1. The predicted octanol–water partition coefficient (Wildman–Crippen LogP) is 8.24. The van der Waals surface area contributed by atoms with Crippen LogP contribution in [-0.2, 0) is 133 Å². The Morgan fingerprint density at radius 3 is 1.31 bits per heavy atom. The standard InChI is InChI=1S/C17H21NO6.C16H22O6.C15H22O7S.C13H20O5S.C12H18F2O4.CH4/c1-4-16(2,3)14(20)22-7-11(19)23-12-9-5-10-13(12)24-15(21)17(10,6-9)8-18;1-4-16(2,3)15(19)20-7-11(17)21-12-8-5-9-10(6-8)14(18)22-13(9)12;1-4-15(2,3)14(17)20-7-11(16)21-12-8-5-9-10(6-8)23(18,19)22-13(9)12;1-4-13(2,3)12(14)17-10-7-5-8-9(6-7)19(15,16)18-11(8)10;1-5-10(2,3)8(15)18-11(4)6-7-17-9(16)12(11,13)14;/h9-10,12-13H,4-7H2,1-3H3;8-10,12-13H,4-7H2,1-3H3;8-10,12-13H,4-7H2,1-3H3;7-11H,4-6H2,1-3H3;5-7H2,1-4H3;1H4. The molecule has 8 bridgehead atoms. The van der Waals surface area contributed by atoms with E-state index in [0.717, 1.165) is 26.2 Å². The number of carbonyl (C=O) groups is 11. The van der Waals surface area contributed by atoms with Crippen LogP contribution in [0.4, 0.5) is 8.78 Å².